The van der Waals surface area contributed by atoms with E-state index in [2.05, 4.69) is 6.07 Å². The van der Waals surface area contributed by atoms with Crippen molar-refractivity contribution in [3.05, 3.63) is 48.0 Å². The van der Waals surface area contributed by atoms with Gasteiger partial charge in [-0.2, -0.15) is 0 Å². The van der Waals surface area contributed by atoms with E-state index < -0.39 is 0 Å². The molecule has 1 amide bonds. The zero-order valence-corrected chi connectivity index (χ0v) is 11.3. The van der Waals surface area contributed by atoms with Gasteiger partial charge < -0.3 is 9.64 Å². The molecule has 3 heteroatoms. The minimum atomic E-state index is 0.0638. The molecule has 1 aliphatic rings. The highest BCUT2D eigenvalue weighted by atomic mass is 16.5. The Labute approximate surface area is 116 Å². The molecule has 0 spiro atoms. The Morgan fingerprint density at radius 3 is 2.70 bits per heavy atom. The zero-order valence-electron chi connectivity index (χ0n) is 11.3. The number of hydrogen-bond donors (Lipinski definition) is 0. The molecular formula is C17H13NO2. The van der Waals surface area contributed by atoms with Crippen molar-refractivity contribution < 1.29 is 9.53 Å². The maximum absolute atomic E-state index is 12.3. The van der Waals surface area contributed by atoms with Crippen molar-refractivity contribution in [1.82, 2.24) is 0 Å². The lowest BCUT2D eigenvalue weighted by molar-refractivity contribution is 0.0999. The molecule has 0 saturated heterocycles. The quantitative estimate of drug-likeness (QED) is 0.628. The summed E-state index contributed by atoms with van der Waals surface area (Å²) in [6.45, 7) is 0. The van der Waals surface area contributed by atoms with E-state index >= 15 is 0 Å². The maximum Gasteiger partial charge on any atom is 0.258 e. The van der Waals surface area contributed by atoms with E-state index in [9.17, 15) is 4.79 Å². The van der Waals surface area contributed by atoms with Gasteiger partial charge in [-0.3, -0.25) is 4.79 Å². The average Bonchev–Trinajstić information content (AvgIpc) is 2.74. The first-order chi connectivity index (χ1) is 9.70. The lowest BCUT2D eigenvalue weighted by atomic mass is 9.97. The van der Waals surface area contributed by atoms with Gasteiger partial charge in [0.2, 0.25) is 0 Å². The first-order valence-corrected chi connectivity index (χ1v) is 6.52. The molecular weight excluding hydrogens is 250 g/mol. The predicted molar refractivity (Wildman–Crippen MR) is 80.7 cm³/mol. The second-order valence-corrected chi connectivity index (χ2v) is 5.08. The summed E-state index contributed by atoms with van der Waals surface area (Å²) in [5.74, 6) is 0.893. The van der Waals surface area contributed by atoms with Gasteiger partial charge in [-0.1, -0.05) is 18.2 Å². The first kappa shape index (κ1) is 11.3. The summed E-state index contributed by atoms with van der Waals surface area (Å²) in [6.07, 6.45) is 0. The molecule has 3 aromatic rings. The van der Waals surface area contributed by atoms with Crippen LogP contribution < -0.4 is 9.64 Å². The number of carbonyl (C=O) groups is 1. The number of hydrogen-bond acceptors (Lipinski definition) is 2. The number of benzene rings is 3. The highest BCUT2D eigenvalue weighted by molar-refractivity contribution is 6.29. The van der Waals surface area contributed by atoms with Gasteiger partial charge in [-0.05, 0) is 40.4 Å². The summed E-state index contributed by atoms with van der Waals surface area (Å²) < 4.78 is 5.31. The van der Waals surface area contributed by atoms with Gasteiger partial charge in [0.1, 0.15) is 5.75 Å². The number of ether oxygens (including phenoxy) is 1. The Morgan fingerprint density at radius 1 is 1.05 bits per heavy atom. The standard InChI is InChI=1S/C17H13NO2/c1-18-15-5-3-4-12-13-9-11(20-2)7-6-10(13)8-14(16(12)15)17(18)19/h3-9H,1-2H3. The van der Waals surface area contributed by atoms with Gasteiger partial charge in [-0.15, -0.1) is 0 Å². The van der Waals surface area contributed by atoms with Gasteiger partial charge in [0, 0.05) is 12.4 Å². The normalized spacial score (nSPS) is 13.5. The van der Waals surface area contributed by atoms with Crippen molar-refractivity contribution in [2.24, 2.45) is 0 Å². The summed E-state index contributed by atoms with van der Waals surface area (Å²) in [6, 6.07) is 14.0. The molecule has 0 saturated carbocycles. The third-order valence-electron chi connectivity index (χ3n) is 4.06. The van der Waals surface area contributed by atoms with Crippen molar-refractivity contribution in [3.63, 3.8) is 0 Å². The van der Waals surface area contributed by atoms with Crippen LogP contribution in [-0.2, 0) is 0 Å². The van der Waals surface area contributed by atoms with Gasteiger partial charge in [0.25, 0.3) is 5.91 Å². The molecule has 98 valence electrons. The number of fused-ring (bicyclic) bond motifs is 2. The Balaban J connectivity index is 2.23. The van der Waals surface area contributed by atoms with Crippen LogP contribution in [0, 0.1) is 0 Å². The van der Waals surface area contributed by atoms with E-state index in [1.54, 1.807) is 12.0 Å². The summed E-state index contributed by atoms with van der Waals surface area (Å²) in [5, 5.41) is 4.33. The Morgan fingerprint density at radius 2 is 1.90 bits per heavy atom. The SMILES string of the molecule is COc1ccc2cc3c4c(cccc4c2c1)N(C)C3=O. The van der Waals surface area contributed by atoms with Crippen LogP contribution in [0.25, 0.3) is 21.5 Å². The lowest BCUT2D eigenvalue weighted by Gasteiger charge is -2.09. The van der Waals surface area contributed by atoms with Crippen LogP contribution in [0.5, 0.6) is 5.75 Å². The van der Waals surface area contributed by atoms with Crippen LogP contribution in [0.15, 0.2) is 42.5 Å². The zero-order chi connectivity index (χ0) is 13.9. The van der Waals surface area contributed by atoms with E-state index in [4.69, 9.17) is 4.74 Å². The molecule has 4 rings (SSSR count). The molecule has 3 aromatic carbocycles. The third kappa shape index (κ3) is 1.27. The number of amides is 1. The second kappa shape index (κ2) is 3.73. The Bertz CT molecular complexity index is 883. The largest absolute Gasteiger partial charge is 0.497 e. The van der Waals surface area contributed by atoms with Crippen LogP contribution in [-0.4, -0.2) is 20.1 Å². The van der Waals surface area contributed by atoms with Crippen LogP contribution in [0.4, 0.5) is 5.69 Å². The molecule has 1 heterocycles. The van der Waals surface area contributed by atoms with Gasteiger partial charge in [0.05, 0.1) is 18.4 Å². The molecule has 0 fully saturated rings. The fourth-order valence-corrected chi connectivity index (χ4v) is 3.04. The molecule has 0 aromatic heterocycles. The molecule has 0 unspecified atom stereocenters. The number of anilines is 1. The summed E-state index contributed by atoms with van der Waals surface area (Å²) in [5.41, 5.74) is 1.77. The second-order valence-electron chi connectivity index (χ2n) is 5.08. The van der Waals surface area contributed by atoms with Gasteiger partial charge in [-0.25, -0.2) is 0 Å². The third-order valence-corrected chi connectivity index (χ3v) is 4.06. The highest BCUT2D eigenvalue weighted by Crippen LogP contribution is 2.40. The van der Waals surface area contributed by atoms with Gasteiger partial charge >= 0.3 is 0 Å². The topological polar surface area (TPSA) is 29.5 Å². The fraction of sp³-hybridized carbons (Fsp3) is 0.118. The Hall–Kier alpha value is -2.55. The van der Waals surface area contributed by atoms with Crippen molar-refractivity contribution >= 4 is 33.1 Å². The van der Waals surface area contributed by atoms with Crippen LogP contribution in [0.2, 0.25) is 0 Å². The number of rotatable bonds is 1. The maximum atomic E-state index is 12.3. The van der Waals surface area contributed by atoms with E-state index in [1.165, 1.54) is 0 Å². The van der Waals surface area contributed by atoms with Crippen molar-refractivity contribution in [2.75, 3.05) is 19.1 Å². The summed E-state index contributed by atoms with van der Waals surface area (Å²) >= 11 is 0. The molecule has 0 aliphatic carbocycles. The van der Waals surface area contributed by atoms with Crippen molar-refractivity contribution in [1.29, 1.82) is 0 Å². The van der Waals surface area contributed by atoms with Crippen LogP contribution in [0.1, 0.15) is 10.4 Å². The summed E-state index contributed by atoms with van der Waals surface area (Å²) in [4.78, 5) is 14.1. The highest BCUT2D eigenvalue weighted by Gasteiger charge is 2.27. The number of methoxy groups -OCH3 is 1. The average molecular weight is 263 g/mol. The fourth-order valence-electron chi connectivity index (χ4n) is 3.04. The lowest BCUT2D eigenvalue weighted by Crippen LogP contribution is -2.20. The van der Waals surface area contributed by atoms with E-state index in [0.29, 0.717) is 0 Å². The number of carbonyl (C=O) groups excluding carboxylic acids is 1. The van der Waals surface area contributed by atoms with E-state index in [-0.39, 0.29) is 5.91 Å². The smallest absolute Gasteiger partial charge is 0.258 e. The molecule has 1 aliphatic heterocycles. The summed E-state index contributed by atoms with van der Waals surface area (Å²) in [7, 11) is 3.49. The minimum Gasteiger partial charge on any atom is -0.497 e. The molecule has 0 N–H and O–H groups in total. The number of nitrogens with zero attached hydrogens (tertiary/aromatic N) is 1. The predicted octanol–water partition coefficient (Wildman–Crippen LogP) is 3.59. The monoisotopic (exact) mass is 263 g/mol. The molecule has 20 heavy (non-hydrogen) atoms. The van der Waals surface area contributed by atoms with Crippen LogP contribution >= 0.6 is 0 Å². The first-order valence-electron chi connectivity index (χ1n) is 6.52. The van der Waals surface area contributed by atoms with E-state index in [1.807, 2.05) is 43.4 Å². The molecule has 0 radical (unpaired) electrons. The molecule has 0 bridgehead atoms. The van der Waals surface area contributed by atoms with E-state index in [0.717, 1.165) is 38.5 Å². The van der Waals surface area contributed by atoms with Crippen molar-refractivity contribution in [3.8, 4) is 5.75 Å². The molecule has 0 atom stereocenters. The minimum absolute atomic E-state index is 0.0638. The van der Waals surface area contributed by atoms with Gasteiger partial charge in [0.15, 0.2) is 0 Å². The molecule has 3 nitrogen and oxygen atoms in total. The van der Waals surface area contributed by atoms with Crippen molar-refractivity contribution in [2.45, 2.75) is 0 Å². The van der Waals surface area contributed by atoms with Crippen LogP contribution in [0.3, 0.4) is 0 Å². The Kier molecular flexibility index (Phi) is 2.11.